The van der Waals surface area contributed by atoms with E-state index in [1.54, 1.807) is 0 Å². The number of nitrogens with one attached hydrogen (secondary N) is 1. The van der Waals surface area contributed by atoms with Crippen LogP contribution in [0.5, 0.6) is 0 Å². The van der Waals surface area contributed by atoms with Crippen molar-refractivity contribution in [2.75, 3.05) is 20.1 Å². The van der Waals surface area contributed by atoms with Crippen LogP contribution in [0.15, 0.2) is 0 Å². The molecule has 2 aliphatic carbocycles. The second kappa shape index (κ2) is 6.38. The molecular weight excluding hydrogens is 238 g/mol. The summed E-state index contributed by atoms with van der Waals surface area (Å²) in [5.74, 6) is -0.0407. The van der Waals surface area contributed by atoms with Gasteiger partial charge in [-0.25, -0.2) is 0 Å². The van der Waals surface area contributed by atoms with Crippen LogP contribution in [0.4, 0.5) is 0 Å². The number of carbonyl (C=O) groups is 1. The molecule has 0 saturated heterocycles. The molecule has 4 nitrogen and oxygen atoms in total. The molecule has 106 valence electrons. The smallest absolute Gasteiger partial charge is 0.240 e. The molecule has 0 aromatic rings. The Morgan fingerprint density at radius 2 is 1.95 bits per heavy atom. The van der Waals surface area contributed by atoms with Gasteiger partial charge >= 0.3 is 0 Å². The first-order valence-electron chi connectivity index (χ1n) is 7.58. The Morgan fingerprint density at radius 1 is 1.32 bits per heavy atom. The number of nitriles is 1. The lowest BCUT2D eigenvalue weighted by molar-refractivity contribution is -0.128. The Balaban J connectivity index is 1.80. The first-order chi connectivity index (χ1) is 9.18. The molecule has 19 heavy (non-hydrogen) atoms. The van der Waals surface area contributed by atoms with Gasteiger partial charge in [-0.05, 0) is 32.7 Å². The van der Waals surface area contributed by atoms with Crippen LogP contribution >= 0.6 is 0 Å². The number of rotatable bonds is 5. The Kier molecular flexibility index (Phi) is 4.81. The summed E-state index contributed by atoms with van der Waals surface area (Å²) in [6.45, 7) is 1.55. The van der Waals surface area contributed by atoms with E-state index in [1.807, 2.05) is 0 Å². The maximum Gasteiger partial charge on any atom is 0.240 e. The number of amides is 1. The molecule has 2 rings (SSSR count). The zero-order valence-corrected chi connectivity index (χ0v) is 12.0. The van der Waals surface area contributed by atoms with Crippen molar-refractivity contribution in [3.05, 3.63) is 0 Å². The van der Waals surface area contributed by atoms with Crippen LogP contribution in [-0.4, -0.2) is 37.0 Å². The summed E-state index contributed by atoms with van der Waals surface area (Å²) in [5, 5.41) is 12.4. The summed E-state index contributed by atoms with van der Waals surface area (Å²) in [7, 11) is 2.11. The summed E-state index contributed by atoms with van der Waals surface area (Å²) < 4.78 is 0. The van der Waals surface area contributed by atoms with Gasteiger partial charge in [-0.2, -0.15) is 5.26 Å². The van der Waals surface area contributed by atoms with Gasteiger partial charge < -0.3 is 10.2 Å². The Hall–Kier alpha value is -1.08. The van der Waals surface area contributed by atoms with Crippen molar-refractivity contribution in [2.45, 2.75) is 57.4 Å². The largest absolute Gasteiger partial charge is 0.353 e. The molecule has 0 aromatic heterocycles. The highest BCUT2D eigenvalue weighted by Crippen LogP contribution is 2.34. The van der Waals surface area contributed by atoms with E-state index in [0.717, 1.165) is 51.1 Å². The second-order valence-electron chi connectivity index (χ2n) is 6.08. The van der Waals surface area contributed by atoms with Crippen LogP contribution < -0.4 is 5.32 Å². The van der Waals surface area contributed by atoms with Crippen molar-refractivity contribution in [2.24, 2.45) is 5.41 Å². The summed E-state index contributed by atoms with van der Waals surface area (Å²) in [6, 6.07) is 3.03. The molecule has 0 aromatic carbocycles. The molecule has 2 fully saturated rings. The molecule has 1 amide bonds. The quantitative estimate of drug-likeness (QED) is 0.772. The molecule has 0 unspecified atom stereocenters. The van der Waals surface area contributed by atoms with Gasteiger partial charge in [0.05, 0.1) is 6.07 Å². The van der Waals surface area contributed by atoms with E-state index in [2.05, 4.69) is 23.3 Å². The van der Waals surface area contributed by atoms with Crippen molar-refractivity contribution >= 4 is 5.91 Å². The molecule has 1 N–H and O–H groups in total. The number of hydrogen-bond donors (Lipinski definition) is 1. The van der Waals surface area contributed by atoms with Crippen LogP contribution in [0, 0.1) is 16.7 Å². The van der Waals surface area contributed by atoms with Gasteiger partial charge in [0, 0.05) is 19.1 Å². The van der Waals surface area contributed by atoms with Gasteiger partial charge in [0.2, 0.25) is 5.91 Å². The molecule has 2 aliphatic rings. The molecule has 0 atom stereocenters. The van der Waals surface area contributed by atoms with Gasteiger partial charge in [-0.3, -0.25) is 4.79 Å². The number of nitrogens with zero attached hydrogens (tertiary/aromatic N) is 2. The van der Waals surface area contributed by atoms with Gasteiger partial charge in [0.25, 0.3) is 0 Å². The SMILES string of the molecule is CN(CCNC(=O)C1(C#N)CCCCCC1)C1CC1. The van der Waals surface area contributed by atoms with Crippen molar-refractivity contribution in [1.82, 2.24) is 10.2 Å². The molecule has 0 radical (unpaired) electrons. The standard InChI is InChI=1S/C15H25N3O/c1-18(13-6-7-13)11-10-17-14(19)15(12-16)8-4-2-3-5-9-15/h13H,2-11H2,1H3,(H,17,19). The highest BCUT2D eigenvalue weighted by Gasteiger charge is 2.38. The number of likely N-dealkylation sites (N-methyl/N-ethyl adjacent to an activating group) is 1. The molecule has 2 saturated carbocycles. The van der Waals surface area contributed by atoms with Crippen molar-refractivity contribution in [3.63, 3.8) is 0 Å². The number of carbonyl (C=O) groups excluding carboxylic acids is 1. The maximum atomic E-state index is 12.3. The van der Waals surface area contributed by atoms with Crippen LogP contribution in [0.25, 0.3) is 0 Å². The van der Waals surface area contributed by atoms with E-state index in [9.17, 15) is 10.1 Å². The molecule has 4 heteroatoms. The first kappa shape index (κ1) is 14.3. The lowest BCUT2D eigenvalue weighted by Crippen LogP contribution is -2.43. The van der Waals surface area contributed by atoms with Crippen molar-refractivity contribution in [1.29, 1.82) is 5.26 Å². The normalized spacial score (nSPS) is 22.6. The van der Waals surface area contributed by atoms with E-state index in [0.29, 0.717) is 6.54 Å². The predicted octanol–water partition coefficient (Wildman–Crippen LogP) is 2.06. The van der Waals surface area contributed by atoms with Gasteiger partial charge in [-0.15, -0.1) is 0 Å². The Labute approximate surface area is 116 Å². The Morgan fingerprint density at radius 3 is 2.47 bits per heavy atom. The minimum Gasteiger partial charge on any atom is -0.353 e. The Bertz CT molecular complexity index is 349. The third-order valence-electron chi connectivity index (χ3n) is 4.53. The highest BCUT2D eigenvalue weighted by atomic mass is 16.2. The zero-order chi connectivity index (χ0) is 13.7. The van der Waals surface area contributed by atoms with Crippen LogP contribution in [0.3, 0.4) is 0 Å². The van der Waals surface area contributed by atoms with Gasteiger partial charge in [0.1, 0.15) is 5.41 Å². The third-order valence-corrected chi connectivity index (χ3v) is 4.53. The van der Waals surface area contributed by atoms with Crippen LogP contribution in [0.1, 0.15) is 51.4 Å². The molecule has 0 heterocycles. The van der Waals surface area contributed by atoms with Crippen molar-refractivity contribution in [3.8, 4) is 6.07 Å². The lowest BCUT2D eigenvalue weighted by Gasteiger charge is -2.24. The van der Waals surface area contributed by atoms with E-state index in [4.69, 9.17) is 0 Å². The topological polar surface area (TPSA) is 56.1 Å². The summed E-state index contributed by atoms with van der Waals surface area (Å²) in [6.07, 6.45) is 8.34. The zero-order valence-electron chi connectivity index (χ0n) is 12.0. The van der Waals surface area contributed by atoms with Crippen molar-refractivity contribution < 1.29 is 4.79 Å². The summed E-state index contributed by atoms with van der Waals surface area (Å²) >= 11 is 0. The fraction of sp³-hybridized carbons (Fsp3) is 0.867. The monoisotopic (exact) mass is 263 g/mol. The highest BCUT2D eigenvalue weighted by molar-refractivity contribution is 5.85. The molecule has 0 aliphatic heterocycles. The lowest BCUT2D eigenvalue weighted by atomic mass is 9.81. The maximum absolute atomic E-state index is 12.3. The average molecular weight is 263 g/mol. The molecular formula is C15H25N3O. The minimum atomic E-state index is -0.755. The molecule has 0 spiro atoms. The minimum absolute atomic E-state index is 0.0407. The summed E-state index contributed by atoms with van der Waals surface area (Å²) in [4.78, 5) is 14.6. The van der Waals surface area contributed by atoms with E-state index >= 15 is 0 Å². The number of hydrogen-bond acceptors (Lipinski definition) is 3. The summed E-state index contributed by atoms with van der Waals surface area (Å²) in [5.41, 5.74) is -0.755. The fourth-order valence-corrected chi connectivity index (χ4v) is 2.93. The van der Waals surface area contributed by atoms with E-state index in [1.165, 1.54) is 12.8 Å². The second-order valence-corrected chi connectivity index (χ2v) is 6.08. The van der Waals surface area contributed by atoms with Gasteiger partial charge in [0.15, 0.2) is 0 Å². The average Bonchev–Trinajstić information content (AvgIpc) is 3.25. The van der Waals surface area contributed by atoms with E-state index in [-0.39, 0.29) is 5.91 Å². The molecule has 0 bridgehead atoms. The first-order valence-corrected chi connectivity index (χ1v) is 7.58. The predicted molar refractivity (Wildman–Crippen MR) is 74.4 cm³/mol. The van der Waals surface area contributed by atoms with E-state index < -0.39 is 5.41 Å². The van der Waals surface area contributed by atoms with Gasteiger partial charge in [-0.1, -0.05) is 25.7 Å². The fourth-order valence-electron chi connectivity index (χ4n) is 2.93. The van der Waals surface area contributed by atoms with Crippen LogP contribution in [0.2, 0.25) is 0 Å². The van der Waals surface area contributed by atoms with Crippen LogP contribution in [-0.2, 0) is 4.79 Å². The third kappa shape index (κ3) is 3.70.